The summed E-state index contributed by atoms with van der Waals surface area (Å²) in [6, 6.07) is 16.6. The van der Waals surface area contributed by atoms with Gasteiger partial charge in [0.2, 0.25) is 0 Å². The van der Waals surface area contributed by atoms with Gasteiger partial charge in [-0.05, 0) is 41.0 Å². The van der Waals surface area contributed by atoms with E-state index < -0.39 is 0 Å². The number of benzene rings is 2. The Bertz CT molecular complexity index is 717. The molecule has 100 valence electrons. The lowest BCUT2D eigenvalue weighted by Gasteiger charge is -2.15. The van der Waals surface area contributed by atoms with Crippen LogP contribution in [0.2, 0.25) is 0 Å². The highest BCUT2D eigenvalue weighted by molar-refractivity contribution is 7.98. The molecule has 1 heterocycles. The lowest BCUT2D eigenvalue weighted by atomic mass is 9.95. The Kier molecular flexibility index (Phi) is 3.72. The Morgan fingerprint density at radius 3 is 2.60 bits per heavy atom. The van der Waals surface area contributed by atoms with Gasteiger partial charge in [0.05, 0.1) is 6.04 Å². The normalized spacial score (nSPS) is 12.5. The molecule has 1 atom stereocenters. The van der Waals surface area contributed by atoms with Crippen molar-refractivity contribution in [1.29, 1.82) is 0 Å². The number of nitrogens with two attached hydrogens (primary N) is 1. The van der Waals surface area contributed by atoms with Crippen molar-refractivity contribution in [2.45, 2.75) is 10.9 Å². The average Bonchev–Trinajstić information content (AvgIpc) is 2.54. The van der Waals surface area contributed by atoms with E-state index in [1.165, 1.54) is 10.3 Å². The Balaban J connectivity index is 2.05. The first-order valence-electron chi connectivity index (χ1n) is 6.52. The van der Waals surface area contributed by atoms with Gasteiger partial charge in [-0.15, -0.1) is 11.8 Å². The van der Waals surface area contributed by atoms with Crippen LogP contribution >= 0.6 is 11.8 Å². The molecule has 0 saturated heterocycles. The standard InChI is InChI=1S/C17H16N2S/c1-20-14-7-5-12(6-8-14)17(18)16-4-2-3-13-11-19-10-9-15(13)16/h2-11,17H,18H2,1H3. The van der Waals surface area contributed by atoms with Gasteiger partial charge in [0.15, 0.2) is 0 Å². The number of fused-ring (bicyclic) bond motifs is 1. The highest BCUT2D eigenvalue weighted by Crippen LogP contribution is 2.27. The van der Waals surface area contributed by atoms with Crippen LogP contribution in [0.5, 0.6) is 0 Å². The van der Waals surface area contributed by atoms with Gasteiger partial charge in [0.25, 0.3) is 0 Å². The fourth-order valence-corrected chi connectivity index (χ4v) is 2.82. The van der Waals surface area contributed by atoms with Crippen molar-refractivity contribution in [2.24, 2.45) is 5.73 Å². The van der Waals surface area contributed by atoms with Crippen molar-refractivity contribution in [2.75, 3.05) is 6.26 Å². The van der Waals surface area contributed by atoms with Crippen molar-refractivity contribution in [3.63, 3.8) is 0 Å². The molecule has 3 aromatic rings. The first-order chi connectivity index (χ1) is 9.79. The van der Waals surface area contributed by atoms with Crippen LogP contribution in [0.25, 0.3) is 10.8 Å². The van der Waals surface area contributed by atoms with Crippen molar-refractivity contribution < 1.29 is 0 Å². The number of nitrogens with zero attached hydrogens (tertiary/aromatic N) is 1. The van der Waals surface area contributed by atoms with Gasteiger partial charge in [0, 0.05) is 22.7 Å². The maximum Gasteiger partial charge on any atom is 0.0557 e. The van der Waals surface area contributed by atoms with Crippen LogP contribution in [0.1, 0.15) is 17.2 Å². The molecular formula is C17H16N2S. The summed E-state index contributed by atoms with van der Waals surface area (Å²) in [6.45, 7) is 0. The van der Waals surface area contributed by atoms with Crippen molar-refractivity contribution in [3.8, 4) is 0 Å². The van der Waals surface area contributed by atoms with E-state index in [0.717, 1.165) is 16.5 Å². The number of pyridine rings is 1. The second-order valence-corrected chi connectivity index (χ2v) is 5.57. The quantitative estimate of drug-likeness (QED) is 0.737. The lowest BCUT2D eigenvalue weighted by Crippen LogP contribution is -2.12. The SMILES string of the molecule is CSc1ccc(C(N)c2cccc3cnccc23)cc1. The Morgan fingerprint density at radius 2 is 1.85 bits per heavy atom. The molecule has 0 bridgehead atoms. The summed E-state index contributed by atoms with van der Waals surface area (Å²) in [5, 5.41) is 2.30. The van der Waals surface area contributed by atoms with Crippen molar-refractivity contribution in [3.05, 3.63) is 72.1 Å². The monoisotopic (exact) mass is 280 g/mol. The van der Waals surface area contributed by atoms with E-state index in [0.29, 0.717) is 0 Å². The zero-order valence-corrected chi connectivity index (χ0v) is 12.1. The summed E-state index contributed by atoms with van der Waals surface area (Å²) >= 11 is 1.74. The van der Waals surface area contributed by atoms with Gasteiger partial charge < -0.3 is 5.73 Å². The molecule has 3 rings (SSSR count). The molecule has 0 fully saturated rings. The number of thioether (sulfide) groups is 1. The van der Waals surface area contributed by atoms with Gasteiger partial charge in [0.1, 0.15) is 0 Å². The minimum absolute atomic E-state index is 0.114. The molecule has 0 aliphatic heterocycles. The molecule has 2 N–H and O–H groups in total. The molecule has 1 unspecified atom stereocenters. The molecule has 0 radical (unpaired) electrons. The van der Waals surface area contributed by atoms with Crippen LogP contribution < -0.4 is 5.73 Å². The summed E-state index contributed by atoms with van der Waals surface area (Å²) in [6.07, 6.45) is 5.77. The molecule has 2 aromatic carbocycles. The van der Waals surface area contributed by atoms with Crippen molar-refractivity contribution >= 4 is 22.5 Å². The molecule has 3 heteroatoms. The third kappa shape index (κ3) is 2.42. The number of rotatable bonds is 3. The van der Waals surface area contributed by atoms with E-state index in [2.05, 4.69) is 47.6 Å². The van der Waals surface area contributed by atoms with E-state index in [9.17, 15) is 0 Å². The largest absolute Gasteiger partial charge is 0.320 e. The Hall–Kier alpha value is -1.84. The van der Waals surface area contributed by atoms with Crippen LogP contribution in [0.3, 0.4) is 0 Å². The average molecular weight is 280 g/mol. The molecule has 2 nitrogen and oxygen atoms in total. The van der Waals surface area contributed by atoms with Crippen LogP contribution in [-0.4, -0.2) is 11.2 Å². The predicted molar refractivity (Wildman–Crippen MR) is 86.0 cm³/mol. The molecule has 0 saturated carbocycles. The Labute approximate surface area is 123 Å². The molecule has 20 heavy (non-hydrogen) atoms. The minimum atomic E-state index is -0.114. The summed E-state index contributed by atoms with van der Waals surface area (Å²) in [7, 11) is 0. The molecule has 0 spiro atoms. The molecule has 0 aliphatic carbocycles. The number of aromatic nitrogens is 1. The third-order valence-electron chi connectivity index (χ3n) is 3.52. The summed E-state index contributed by atoms with van der Waals surface area (Å²) in [5.74, 6) is 0. The second kappa shape index (κ2) is 5.65. The highest BCUT2D eigenvalue weighted by Gasteiger charge is 2.11. The first-order valence-corrected chi connectivity index (χ1v) is 7.74. The number of hydrogen-bond donors (Lipinski definition) is 1. The maximum absolute atomic E-state index is 6.45. The summed E-state index contributed by atoms with van der Waals surface area (Å²) < 4.78 is 0. The third-order valence-corrected chi connectivity index (χ3v) is 4.27. The van der Waals surface area contributed by atoms with Crippen LogP contribution in [0.4, 0.5) is 0 Å². The van der Waals surface area contributed by atoms with Gasteiger partial charge in [-0.3, -0.25) is 4.98 Å². The molecule has 0 amide bonds. The zero-order valence-electron chi connectivity index (χ0n) is 11.3. The topological polar surface area (TPSA) is 38.9 Å². The first kappa shape index (κ1) is 13.2. The van der Waals surface area contributed by atoms with E-state index >= 15 is 0 Å². The molecule has 0 aliphatic rings. The van der Waals surface area contributed by atoms with E-state index in [1.807, 2.05) is 24.5 Å². The Morgan fingerprint density at radius 1 is 1.05 bits per heavy atom. The van der Waals surface area contributed by atoms with Crippen LogP contribution in [-0.2, 0) is 0 Å². The van der Waals surface area contributed by atoms with Gasteiger partial charge in [-0.25, -0.2) is 0 Å². The summed E-state index contributed by atoms with van der Waals surface area (Å²) in [5.41, 5.74) is 8.72. The van der Waals surface area contributed by atoms with Crippen LogP contribution in [0.15, 0.2) is 65.8 Å². The zero-order chi connectivity index (χ0) is 13.9. The van der Waals surface area contributed by atoms with E-state index in [-0.39, 0.29) is 6.04 Å². The predicted octanol–water partition coefficient (Wildman–Crippen LogP) is 4.00. The maximum atomic E-state index is 6.45. The fourth-order valence-electron chi connectivity index (χ4n) is 2.41. The van der Waals surface area contributed by atoms with Gasteiger partial charge in [-0.2, -0.15) is 0 Å². The lowest BCUT2D eigenvalue weighted by molar-refractivity contribution is 0.878. The molecular weight excluding hydrogens is 264 g/mol. The highest BCUT2D eigenvalue weighted by atomic mass is 32.2. The number of hydrogen-bond acceptors (Lipinski definition) is 3. The van der Waals surface area contributed by atoms with Crippen LogP contribution in [0, 0.1) is 0 Å². The van der Waals surface area contributed by atoms with E-state index in [1.54, 1.807) is 11.8 Å². The van der Waals surface area contributed by atoms with Crippen molar-refractivity contribution in [1.82, 2.24) is 4.98 Å². The molecule has 1 aromatic heterocycles. The fraction of sp³-hybridized carbons (Fsp3) is 0.118. The summed E-state index contributed by atoms with van der Waals surface area (Å²) in [4.78, 5) is 5.42. The van der Waals surface area contributed by atoms with E-state index in [4.69, 9.17) is 5.73 Å². The smallest absolute Gasteiger partial charge is 0.0557 e. The second-order valence-electron chi connectivity index (χ2n) is 4.69. The van der Waals surface area contributed by atoms with Gasteiger partial charge >= 0.3 is 0 Å². The minimum Gasteiger partial charge on any atom is -0.320 e. The van der Waals surface area contributed by atoms with Gasteiger partial charge in [-0.1, -0.05) is 30.3 Å².